The van der Waals surface area contributed by atoms with E-state index in [4.69, 9.17) is 5.21 Å². The monoisotopic (exact) mass is 184 g/mol. The Morgan fingerprint density at radius 3 is 2.31 bits per heavy atom. The Hall–Kier alpha value is -0.940. The van der Waals surface area contributed by atoms with Crippen LogP contribution in [-0.2, 0) is 5.21 Å². The first-order chi connectivity index (χ1) is 5.82. The summed E-state index contributed by atoms with van der Waals surface area (Å²) >= 11 is 0. The number of oxime groups is 1. The van der Waals surface area contributed by atoms with Crippen LogP contribution >= 0.6 is 0 Å². The second kappa shape index (κ2) is 2.78. The molecule has 0 atom stereocenters. The van der Waals surface area contributed by atoms with Crippen LogP contribution in [0.15, 0.2) is 10.1 Å². The van der Waals surface area contributed by atoms with Crippen molar-refractivity contribution < 1.29 is 10.4 Å². The summed E-state index contributed by atoms with van der Waals surface area (Å²) < 4.78 is 0. The molecular weight excluding hydrogens is 170 g/mol. The van der Waals surface area contributed by atoms with E-state index in [1.165, 1.54) is 6.21 Å². The lowest BCUT2D eigenvalue weighted by Crippen LogP contribution is -2.49. The Labute approximate surface area is 77.3 Å². The van der Waals surface area contributed by atoms with Gasteiger partial charge in [0.2, 0.25) is 0 Å². The number of aliphatic imine (C=N–C) groups is 1. The Kier molecular flexibility index (Phi) is 2.17. The van der Waals surface area contributed by atoms with Crippen molar-refractivity contribution in [2.24, 2.45) is 10.1 Å². The highest BCUT2D eigenvalue weighted by Crippen LogP contribution is 2.32. The average molecular weight is 184 g/mol. The molecule has 0 bridgehead atoms. The summed E-state index contributed by atoms with van der Waals surface area (Å²) in [6.07, 6.45) is 1.21. The van der Waals surface area contributed by atoms with Gasteiger partial charge in [-0.3, -0.25) is 4.99 Å². The molecule has 1 aliphatic heterocycles. The third kappa shape index (κ3) is 1.45. The predicted molar refractivity (Wildman–Crippen MR) is 48.4 cm³/mol. The molecule has 5 nitrogen and oxygen atoms in total. The van der Waals surface area contributed by atoms with Crippen LogP contribution in [0.5, 0.6) is 0 Å². The molecular formula is C8H14N3O2. The summed E-state index contributed by atoms with van der Waals surface area (Å²) in [5, 5.41) is 23.9. The van der Waals surface area contributed by atoms with Crippen LogP contribution < -0.4 is 0 Å². The van der Waals surface area contributed by atoms with Crippen molar-refractivity contribution in [2.75, 3.05) is 0 Å². The Morgan fingerprint density at radius 1 is 1.46 bits per heavy atom. The third-order valence-electron chi connectivity index (χ3n) is 2.21. The first-order valence-corrected chi connectivity index (χ1v) is 4.07. The summed E-state index contributed by atoms with van der Waals surface area (Å²) in [5.74, 6) is 0. The number of hydrogen-bond acceptors (Lipinski definition) is 4. The van der Waals surface area contributed by atoms with Gasteiger partial charge in [-0.05, 0) is 27.7 Å². The van der Waals surface area contributed by atoms with Crippen molar-refractivity contribution in [3.63, 3.8) is 0 Å². The smallest absolute Gasteiger partial charge is 0.134 e. The van der Waals surface area contributed by atoms with Crippen LogP contribution in [0.4, 0.5) is 0 Å². The molecule has 0 saturated heterocycles. The van der Waals surface area contributed by atoms with E-state index in [-0.39, 0.29) is 0 Å². The highest BCUT2D eigenvalue weighted by Gasteiger charge is 2.47. The van der Waals surface area contributed by atoms with Gasteiger partial charge >= 0.3 is 0 Å². The van der Waals surface area contributed by atoms with Crippen LogP contribution in [0.3, 0.4) is 0 Å². The molecule has 0 saturated carbocycles. The van der Waals surface area contributed by atoms with Gasteiger partial charge < -0.3 is 5.21 Å². The number of hydrogen-bond donors (Lipinski definition) is 1. The highest BCUT2D eigenvalue weighted by molar-refractivity contribution is 6.34. The molecule has 0 amide bonds. The molecule has 1 aliphatic rings. The predicted octanol–water partition coefficient (Wildman–Crippen LogP) is 1.06. The Morgan fingerprint density at radius 2 is 2.00 bits per heavy atom. The van der Waals surface area contributed by atoms with E-state index in [9.17, 15) is 5.21 Å². The van der Waals surface area contributed by atoms with Gasteiger partial charge in [-0.25, -0.2) is 0 Å². The maximum atomic E-state index is 11.7. The van der Waals surface area contributed by atoms with E-state index in [1.807, 2.05) is 0 Å². The minimum absolute atomic E-state index is 0.495. The molecule has 1 heterocycles. The minimum Gasteiger partial charge on any atom is -0.411 e. The normalized spacial score (nSPS) is 26.7. The Balaban J connectivity index is 3.09. The molecule has 0 aliphatic carbocycles. The maximum absolute atomic E-state index is 11.7. The molecule has 0 aromatic heterocycles. The summed E-state index contributed by atoms with van der Waals surface area (Å²) in [4.78, 5) is 4.16. The molecule has 0 aromatic rings. The maximum Gasteiger partial charge on any atom is 0.134 e. The zero-order valence-corrected chi connectivity index (χ0v) is 8.27. The fraction of sp³-hybridized carbons (Fsp3) is 0.750. The average Bonchev–Trinajstić information content (AvgIpc) is 2.14. The van der Waals surface area contributed by atoms with Crippen molar-refractivity contribution in [3.8, 4) is 0 Å². The quantitative estimate of drug-likeness (QED) is 0.376. The van der Waals surface area contributed by atoms with Gasteiger partial charge in [-0.2, -0.15) is 0 Å². The van der Waals surface area contributed by atoms with Crippen LogP contribution in [0.25, 0.3) is 0 Å². The third-order valence-corrected chi connectivity index (χ3v) is 2.21. The van der Waals surface area contributed by atoms with Gasteiger partial charge in [-0.1, -0.05) is 5.16 Å². The fourth-order valence-electron chi connectivity index (χ4n) is 1.51. The van der Waals surface area contributed by atoms with Crippen LogP contribution in [0.1, 0.15) is 27.7 Å². The first-order valence-electron chi connectivity index (χ1n) is 4.07. The first kappa shape index (κ1) is 10.1. The topological polar surface area (TPSA) is 68.1 Å². The second-order valence-electron chi connectivity index (χ2n) is 4.09. The van der Waals surface area contributed by atoms with Crippen molar-refractivity contribution in [1.29, 1.82) is 0 Å². The van der Waals surface area contributed by atoms with E-state index in [0.717, 1.165) is 5.06 Å². The number of nitrogens with zero attached hydrogens (tertiary/aromatic N) is 3. The zero-order chi connectivity index (χ0) is 10.3. The second-order valence-corrected chi connectivity index (χ2v) is 4.09. The van der Waals surface area contributed by atoms with Crippen LogP contribution in [-0.4, -0.2) is 33.4 Å². The standard InChI is InChI=1S/C8H14N3O2/c1-7(2)6(5-9-12)10-8(3,4)11(7)13/h5,12H,1-4H3/b9-5+. The van der Waals surface area contributed by atoms with E-state index in [2.05, 4.69) is 10.1 Å². The van der Waals surface area contributed by atoms with Gasteiger partial charge in [0.05, 0.1) is 17.5 Å². The van der Waals surface area contributed by atoms with Crippen molar-refractivity contribution in [2.45, 2.75) is 38.9 Å². The van der Waals surface area contributed by atoms with E-state index >= 15 is 0 Å². The lowest BCUT2D eigenvalue weighted by molar-refractivity contribution is -0.240. The lowest BCUT2D eigenvalue weighted by Gasteiger charge is -2.30. The van der Waals surface area contributed by atoms with Gasteiger partial charge in [0.25, 0.3) is 0 Å². The molecule has 0 unspecified atom stereocenters. The minimum atomic E-state index is -0.778. The SMILES string of the molecule is CC1(C)N=C(/C=N/O)C(C)(C)N1[O]. The largest absolute Gasteiger partial charge is 0.411 e. The van der Waals surface area contributed by atoms with E-state index in [1.54, 1.807) is 27.7 Å². The van der Waals surface area contributed by atoms with E-state index < -0.39 is 11.2 Å². The zero-order valence-electron chi connectivity index (χ0n) is 8.27. The molecule has 5 heteroatoms. The molecule has 13 heavy (non-hydrogen) atoms. The molecule has 0 fully saturated rings. The van der Waals surface area contributed by atoms with Crippen molar-refractivity contribution in [1.82, 2.24) is 5.06 Å². The highest BCUT2D eigenvalue weighted by atomic mass is 16.5. The van der Waals surface area contributed by atoms with Crippen molar-refractivity contribution >= 4 is 11.9 Å². The lowest BCUT2D eigenvalue weighted by atomic mass is 9.99. The Bertz CT molecular complexity index is 269. The molecule has 0 spiro atoms. The van der Waals surface area contributed by atoms with Crippen molar-refractivity contribution in [3.05, 3.63) is 0 Å². The van der Waals surface area contributed by atoms with Gasteiger partial charge in [0, 0.05) is 0 Å². The summed E-state index contributed by atoms with van der Waals surface area (Å²) in [5.41, 5.74) is -1.01. The summed E-state index contributed by atoms with van der Waals surface area (Å²) in [7, 11) is 0. The summed E-state index contributed by atoms with van der Waals surface area (Å²) in [6, 6.07) is 0. The van der Waals surface area contributed by atoms with Gasteiger partial charge in [-0.15, -0.1) is 10.3 Å². The molecule has 1 radical (unpaired) electrons. The van der Waals surface area contributed by atoms with Crippen LogP contribution in [0.2, 0.25) is 0 Å². The molecule has 1 N–H and O–H groups in total. The van der Waals surface area contributed by atoms with E-state index in [0.29, 0.717) is 5.71 Å². The number of hydroxylamine groups is 2. The number of rotatable bonds is 1. The molecule has 1 rings (SSSR count). The summed E-state index contributed by atoms with van der Waals surface area (Å²) in [6.45, 7) is 6.93. The molecule has 0 aromatic carbocycles. The molecule has 73 valence electrons. The van der Waals surface area contributed by atoms with Crippen LogP contribution in [0, 0.1) is 0 Å². The fourth-order valence-corrected chi connectivity index (χ4v) is 1.51. The van der Waals surface area contributed by atoms with Gasteiger partial charge in [0.1, 0.15) is 5.66 Å². The van der Waals surface area contributed by atoms with Gasteiger partial charge in [0.15, 0.2) is 0 Å².